The Kier molecular flexibility index (Phi) is 3.18. The summed E-state index contributed by atoms with van der Waals surface area (Å²) in [6.45, 7) is 1.85. The molecule has 2 unspecified atom stereocenters. The zero-order chi connectivity index (χ0) is 10.0. The molecule has 1 aliphatic heterocycles. The first-order valence-corrected chi connectivity index (χ1v) is 4.49. The lowest BCUT2D eigenvalue weighted by atomic mass is 9.99. The van der Waals surface area contributed by atoms with Crippen LogP contribution in [0.1, 0.15) is 13.3 Å². The number of carbonyl (C=O) groups is 1. The SMILES string of the molecule is CC1NN(C(N)=S)C(=O)C1CCO. The van der Waals surface area contributed by atoms with Gasteiger partial charge in [0.2, 0.25) is 5.91 Å². The molecular formula is C7H13N3O2S. The molecule has 1 saturated heterocycles. The smallest absolute Gasteiger partial charge is 0.248 e. The van der Waals surface area contributed by atoms with Gasteiger partial charge in [-0.25, -0.2) is 10.4 Å². The van der Waals surface area contributed by atoms with E-state index in [1.807, 2.05) is 6.92 Å². The molecular weight excluding hydrogens is 190 g/mol. The number of nitrogens with two attached hydrogens (primary N) is 1. The monoisotopic (exact) mass is 203 g/mol. The molecule has 4 N–H and O–H groups in total. The fourth-order valence-corrected chi connectivity index (χ4v) is 1.56. The molecule has 0 aliphatic carbocycles. The highest BCUT2D eigenvalue weighted by Crippen LogP contribution is 2.18. The second-order valence-electron chi connectivity index (χ2n) is 3.05. The number of nitrogens with one attached hydrogen (secondary N) is 1. The van der Waals surface area contributed by atoms with Crippen molar-refractivity contribution >= 4 is 23.2 Å². The van der Waals surface area contributed by atoms with Crippen molar-refractivity contribution in [2.45, 2.75) is 19.4 Å². The van der Waals surface area contributed by atoms with Gasteiger partial charge in [-0.1, -0.05) is 0 Å². The molecule has 0 spiro atoms. The minimum Gasteiger partial charge on any atom is -0.396 e. The number of nitrogens with zero attached hydrogens (tertiary/aromatic N) is 1. The van der Waals surface area contributed by atoms with Gasteiger partial charge in [0.15, 0.2) is 5.11 Å². The molecule has 6 heteroatoms. The van der Waals surface area contributed by atoms with Crippen LogP contribution in [-0.4, -0.2) is 33.8 Å². The van der Waals surface area contributed by atoms with E-state index < -0.39 is 0 Å². The molecule has 74 valence electrons. The van der Waals surface area contributed by atoms with Gasteiger partial charge >= 0.3 is 0 Å². The number of hydrogen-bond donors (Lipinski definition) is 3. The van der Waals surface area contributed by atoms with Gasteiger partial charge in [0, 0.05) is 12.6 Å². The third-order valence-electron chi connectivity index (χ3n) is 2.13. The Morgan fingerprint density at radius 3 is 2.85 bits per heavy atom. The van der Waals surface area contributed by atoms with E-state index in [-0.39, 0.29) is 29.6 Å². The summed E-state index contributed by atoms with van der Waals surface area (Å²) in [5.41, 5.74) is 8.16. The van der Waals surface area contributed by atoms with Crippen LogP contribution in [0.25, 0.3) is 0 Å². The second-order valence-corrected chi connectivity index (χ2v) is 3.47. The van der Waals surface area contributed by atoms with Crippen LogP contribution in [0.15, 0.2) is 0 Å². The van der Waals surface area contributed by atoms with Crippen molar-refractivity contribution in [3.8, 4) is 0 Å². The summed E-state index contributed by atoms with van der Waals surface area (Å²) < 4.78 is 0. The Morgan fingerprint density at radius 2 is 2.46 bits per heavy atom. The molecule has 13 heavy (non-hydrogen) atoms. The predicted molar refractivity (Wildman–Crippen MR) is 51.4 cm³/mol. The van der Waals surface area contributed by atoms with Crippen molar-refractivity contribution in [2.24, 2.45) is 11.7 Å². The first kappa shape index (κ1) is 10.4. The lowest BCUT2D eigenvalue weighted by molar-refractivity contribution is -0.129. The fourth-order valence-electron chi connectivity index (χ4n) is 1.42. The van der Waals surface area contributed by atoms with Crippen molar-refractivity contribution in [2.75, 3.05) is 6.61 Å². The predicted octanol–water partition coefficient (Wildman–Crippen LogP) is -1.04. The number of rotatable bonds is 2. The minimum absolute atomic E-state index is 0.00635. The summed E-state index contributed by atoms with van der Waals surface area (Å²) in [6.07, 6.45) is 0.437. The Bertz CT molecular complexity index is 234. The molecule has 0 radical (unpaired) electrons. The molecule has 0 saturated carbocycles. The lowest BCUT2D eigenvalue weighted by Gasteiger charge is -2.12. The number of thiocarbonyl (C=S) groups is 1. The van der Waals surface area contributed by atoms with Crippen molar-refractivity contribution in [3.05, 3.63) is 0 Å². The molecule has 0 aromatic rings. The molecule has 0 bridgehead atoms. The molecule has 2 atom stereocenters. The van der Waals surface area contributed by atoms with E-state index in [1.54, 1.807) is 0 Å². The van der Waals surface area contributed by atoms with E-state index in [0.717, 1.165) is 0 Å². The summed E-state index contributed by atoms with van der Waals surface area (Å²) in [5, 5.41) is 9.92. The summed E-state index contributed by atoms with van der Waals surface area (Å²) in [5.74, 6) is -0.388. The van der Waals surface area contributed by atoms with Gasteiger partial charge in [-0.15, -0.1) is 0 Å². The zero-order valence-electron chi connectivity index (χ0n) is 7.36. The van der Waals surface area contributed by atoms with Crippen molar-refractivity contribution in [1.29, 1.82) is 0 Å². The van der Waals surface area contributed by atoms with Gasteiger partial charge in [0.1, 0.15) is 0 Å². The molecule has 1 aliphatic rings. The van der Waals surface area contributed by atoms with E-state index in [0.29, 0.717) is 6.42 Å². The Morgan fingerprint density at radius 1 is 1.85 bits per heavy atom. The third kappa shape index (κ3) is 1.96. The first-order chi connectivity index (χ1) is 6.07. The quantitative estimate of drug-likeness (QED) is 0.500. The minimum atomic E-state index is -0.230. The molecule has 1 heterocycles. The maximum absolute atomic E-state index is 11.5. The Balaban J connectivity index is 2.69. The van der Waals surface area contributed by atoms with Gasteiger partial charge < -0.3 is 10.8 Å². The summed E-state index contributed by atoms with van der Waals surface area (Å²) in [7, 11) is 0. The number of hydrazine groups is 1. The van der Waals surface area contributed by atoms with Gasteiger partial charge in [-0.2, -0.15) is 0 Å². The van der Waals surface area contributed by atoms with Crippen LogP contribution >= 0.6 is 12.2 Å². The van der Waals surface area contributed by atoms with E-state index in [9.17, 15) is 4.79 Å². The Labute approximate surface area is 81.9 Å². The van der Waals surface area contributed by atoms with Gasteiger partial charge in [-0.3, -0.25) is 4.79 Å². The number of amides is 1. The summed E-state index contributed by atoms with van der Waals surface area (Å²) in [4.78, 5) is 11.5. The molecule has 5 nitrogen and oxygen atoms in total. The van der Waals surface area contributed by atoms with Gasteiger partial charge in [0.05, 0.1) is 5.92 Å². The van der Waals surface area contributed by atoms with Crippen LogP contribution in [-0.2, 0) is 4.79 Å². The normalized spacial score (nSPS) is 28.2. The lowest BCUT2D eigenvalue weighted by Crippen LogP contribution is -2.44. The number of aliphatic hydroxyl groups excluding tert-OH is 1. The van der Waals surface area contributed by atoms with Crippen LogP contribution in [0.4, 0.5) is 0 Å². The highest BCUT2D eigenvalue weighted by molar-refractivity contribution is 7.80. The topological polar surface area (TPSA) is 78.6 Å². The molecule has 1 fully saturated rings. The molecule has 1 amide bonds. The van der Waals surface area contributed by atoms with Crippen molar-refractivity contribution in [3.63, 3.8) is 0 Å². The van der Waals surface area contributed by atoms with Crippen LogP contribution < -0.4 is 11.2 Å². The highest BCUT2D eigenvalue weighted by atomic mass is 32.1. The van der Waals surface area contributed by atoms with E-state index in [1.165, 1.54) is 5.01 Å². The Hall–Kier alpha value is -0.720. The molecule has 0 aromatic heterocycles. The fraction of sp³-hybridized carbons (Fsp3) is 0.714. The maximum Gasteiger partial charge on any atom is 0.248 e. The molecule has 0 aromatic carbocycles. The maximum atomic E-state index is 11.5. The van der Waals surface area contributed by atoms with Crippen molar-refractivity contribution in [1.82, 2.24) is 10.4 Å². The average molecular weight is 203 g/mol. The number of hydrogen-bond acceptors (Lipinski definition) is 4. The van der Waals surface area contributed by atoms with E-state index >= 15 is 0 Å². The number of carbonyl (C=O) groups excluding carboxylic acids is 1. The average Bonchev–Trinajstić information content (AvgIpc) is 2.32. The first-order valence-electron chi connectivity index (χ1n) is 4.08. The largest absolute Gasteiger partial charge is 0.396 e. The molecule has 1 rings (SSSR count). The summed E-state index contributed by atoms with van der Waals surface area (Å²) >= 11 is 4.68. The second kappa shape index (κ2) is 3.99. The standard InChI is InChI=1S/C7H13N3O2S/c1-4-5(2-3-11)6(12)10(9-4)7(8)13/h4-5,9,11H,2-3H2,1H3,(H2,8,13). The van der Waals surface area contributed by atoms with Crippen LogP contribution in [0.5, 0.6) is 0 Å². The highest BCUT2D eigenvalue weighted by Gasteiger charge is 2.38. The van der Waals surface area contributed by atoms with Crippen LogP contribution in [0.3, 0.4) is 0 Å². The van der Waals surface area contributed by atoms with Crippen LogP contribution in [0.2, 0.25) is 0 Å². The van der Waals surface area contributed by atoms with Crippen molar-refractivity contribution < 1.29 is 9.90 Å². The van der Waals surface area contributed by atoms with Gasteiger partial charge in [0.25, 0.3) is 0 Å². The third-order valence-corrected chi connectivity index (χ3v) is 2.32. The van der Waals surface area contributed by atoms with E-state index in [4.69, 9.17) is 10.8 Å². The van der Waals surface area contributed by atoms with E-state index in [2.05, 4.69) is 17.6 Å². The van der Waals surface area contributed by atoms with Gasteiger partial charge in [-0.05, 0) is 25.6 Å². The van der Waals surface area contributed by atoms with Crippen LogP contribution in [0, 0.1) is 5.92 Å². The zero-order valence-corrected chi connectivity index (χ0v) is 8.17. The number of aliphatic hydroxyl groups is 1. The summed E-state index contributed by atoms with van der Waals surface area (Å²) in [6, 6.07) is -0.0267.